The number of imidazole rings is 1. The van der Waals surface area contributed by atoms with Crippen LogP contribution < -0.4 is 5.73 Å². The number of aliphatic hydroxyl groups is 2. The van der Waals surface area contributed by atoms with Gasteiger partial charge < -0.3 is 20.5 Å². The van der Waals surface area contributed by atoms with Gasteiger partial charge in [0.05, 0.1) is 25.1 Å². The van der Waals surface area contributed by atoms with Crippen molar-refractivity contribution in [1.29, 1.82) is 0 Å². The molecule has 0 spiro atoms. The molecule has 4 N–H and O–H groups in total. The number of nitrogens with zero attached hydrogens (tertiary/aromatic N) is 4. The molecule has 0 fully saturated rings. The van der Waals surface area contributed by atoms with Crippen molar-refractivity contribution in [1.82, 2.24) is 19.5 Å². The minimum Gasteiger partial charge on any atom is -0.391 e. The zero-order valence-corrected chi connectivity index (χ0v) is 8.78. The smallest absolute Gasteiger partial charge is 0.165 e. The van der Waals surface area contributed by atoms with Crippen molar-refractivity contribution in [3.63, 3.8) is 0 Å². The first kappa shape index (κ1) is 10.8. The average Bonchev–Trinajstić information content (AvgIpc) is 2.63. The number of anilines is 1. The normalized spacial score (nSPS) is 15.2. The van der Waals surface area contributed by atoms with E-state index >= 15 is 0 Å². The second kappa shape index (κ2) is 4.03. The van der Waals surface area contributed by atoms with Crippen LogP contribution in [0.15, 0.2) is 12.7 Å². The first-order chi connectivity index (χ1) is 7.59. The van der Waals surface area contributed by atoms with Gasteiger partial charge in [-0.1, -0.05) is 0 Å². The van der Waals surface area contributed by atoms with Gasteiger partial charge in [0.1, 0.15) is 11.8 Å². The molecule has 0 radical (unpaired) electrons. The average molecular weight is 223 g/mol. The van der Waals surface area contributed by atoms with Crippen molar-refractivity contribution < 1.29 is 10.2 Å². The SMILES string of the molecule is C[C@H](O)[C@H](O)Cn1cnc2c(N)ncnc21. The lowest BCUT2D eigenvalue weighted by Gasteiger charge is -2.13. The van der Waals surface area contributed by atoms with Gasteiger partial charge in [-0.15, -0.1) is 0 Å². The minimum atomic E-state index is -0.867. The summed E-state index contributed by atoms with van der Waals surface area (Å²) in [6.07, 6.45) is 1.18. The van der Waals surface area contributed by atoms with Crippen LogP contribution in [-0.2, 0) is 6.54 Å². The van der Waals surface area contributed by atoms with E-state index < -0.39 is 12.2 Å². The van der Waals surface area contributed by atoms with Crippen molar-refractivity contribution in [3.8, 4) is 0 Å². The highest BCUT2D eigenvalue weighted by Gasteiger charge is 2.14. The summed E-state index contributed by atoms with van der Waals surface area (Å²) in [6, 6.07) is 0. The molecular formula is C9H13N5O2. The third-order valence-electron chi connectivity index (χ3n) is 2.37. The Labute approximate surface area is 91.6 Å². The Bertz CT molecular complexity index is 496. The molecule has 0 saturated carbocycles. The number of hydrogen-bond donors (Lipinski definition) is 3. The lowest BCUT2D eigenvalue weighted by atomic mass is 10.2. The van der Waals surface area contributed by atoms with Gasteiger partial charge in [0.25, 0.3) is 0 Å². The number of fused-ring (bicyclic) bond motifs is 1. The van der Waals surface area contributed by atoms with Gasteiger partial charge in [-0.3, -0.25) is 0 Å². The van der Waals surface area contributed by atoms with E-state index in [2.05, 4.69) is 15.0 Å². The van der Waals surface area contributed by atoms with E-state index in [9.17, 15) is 10.2 Å². The van der Waals surface area contributed by atoms with Crippen LogP contribution >= 0.6 is 0 Å². The number of aromatic nitrogens is 4. The molecule has 0 amide bonds. The molecule has 0 bridgehead atoms. The van der Waals surface area contributed by atoms with E-state index in [1.807, 2.05) is 0 Å². The maximum atomic E-state index is 9.55. The van der Waals surface area contributed by atoms with Crippen LogP contribution in [0.5, 0.6) is 0 Å². The molecule has 0 aromatic carbocycles. The Hall–Kier alpha value is -1.73. The highest BCUT2D eigenvalue weighted by molar-refractivity contribution is 5.81. The summed E-state index contributed by atoms with van der Waals surface area (Å²) in [6.45, 7) is 1.73. The molecule has 16 heavy (non-hydrogen) atoms. The lowest BCUT2D eigenvalue weighted by Crippen LogP contribution is -2.27. The van der Waals surface area contributed by atoms with Gasteiger partial charge in [0, 0.05) is 0 Å². The van der Waals surface area contributed by atoms with Crippen molar-refractivity contribution in [2.24, 2.45) is 0 Å². The largest absolute Gasteiger partial charge is 0.391 e. The summed E-state index contributed by atoms with van der Waals surface area (Å²) >= 11 is 0. The molecule has 0 saturated heterocycles. The molecule has 2 rings (SSSR count). The van der Waals surface area contributed by atoms with Crippen LogP contribution in [0.3, 0.4) is 0 Å². The molecule has 0 aliphatic carbocycles. The molecule has 86 valence electrons. The quantitative estimate of drug-likeness (QED) is 0.625. The Morgan fingerprint density at radius 3 is 2.81 bits per heavy atom. The van der Waals surface area contributed by atoms with E-state index in [4.69, 9.17) is 5.73 Å². The summed E-state index contributed by atoms with van der Waals surface area (Å²) < 4.78 is 1.63. The number of rotatable bonds is 3. The van der Waals surface area contributed by atoms with Gasteiger partial charge in [0.15, 0.2) is 11.5 Å². The van der Waals surface area contributed by atoms with E-state index in [-0.39, 0.29) is 6.54 Å². The van der Waals surface area contributed by atoms with Gasteiger partial charge in [-0.2, -0.15) is 0 Å². The predicted octanol–water partition coefficient (Wildman–Crippen LogP) is -0.850. The highest BCUT2D eigenvalue weighted by atomic mass is 16.3. The standard InChI is InChI=1S/C9H13N5O2/c1-5(15)6(16)2-14-4-13-7-8(10)11-3-12-9(7)14/h3-6,15-16H,2H2,1H3,(H2,10,11,12)/t5-,6+/m0/s1. The Morgan fingerprint density at radius 2 is 2.12 bits per heavy atom. The maximum absolute atomic E-state index is 9.55. The first-order valence-corrected chi connectivity index (χ1v) is 4.87. The van der Waals surface area contributed by atoms with Crippen molar-refractivity contribution >= 4 is 17.0 Å². The Balaban J connectivity index is 2.36. The number of aliphatic hydroxyl groups excluding tert-OH is 2. The molecule has 0 aliphatic rings. The fraction of sp³-hybridized carbons (Fsp3) is 0.444. The highest BCUT2D eigenvalue weighted by Crippen LogP contribution is 2.14. The Kier molecular flexibility index (Phi) is 2.71. The molecule has 7 nitrogen and oxygen atoms in total. The Morgan fingerprint density at radius 1 is 1.38 bits per heavy atom. The molecule has 0 unspecified atom stereocenters. The van der Waals surface area contributed by atoms with Crippen molar-refractivity contribution in [2.45, 2.75) is 25.7 Å². The minimum absolute atomic E-state index is 0.213. The van der Waals surface area contributed by atoms with Crippen LogP contribution in [0.1, 0.15) is 6.92 Å². The predicted molar refractivity (Wildman–Crippen MR) is 57.4 cm³/mol. The number of hydrogen-bond acceptors (Lipinski definition) is 6. The van der Waals surface area contributed by atoms with Crippen molar-refractivity contribution in [2.75, 3.05) is 5.73 Å². The molecule has 2 aromatic heterocycles. The van der Waals surface area contributed by atoms with Gasteiger partial charge in [0.2, 0.25) is 0 Å². The zero-order chi connectivity index (χ0) is 11.7. The summed E-state index contributed by atoms with van der Waals surface area (Å²) in [5.41, 5.74) is 6.67. The molecule has 2 heterocycles. The fourth-order valence-corrected chi connectivity index (χ4v) is 1.39. The fourth-order valence-electron chi connectivity index (χ4n) is 1.39. The summed E-state index contributed by atoms with van der Waals surface area (Å²) in [5.74, 6) is 0.301. The van der Waals surface area contributed by atoms with E-state index in [1.165, 1.54) is 19.6 Å². The zero-order valence-electron chi connectivity index (χ0n) is 8.78. The van der Waals surface area contributed by atoms with Crippen LogP contribution in [0, 0.1) is 0 Å². The third-order valence-corrected chi connectivity index (χ3v) is 2.37. The summed E-state index contributed by atoms with van der Waals surface area (Å²) in [4.78, 5) is 11.9. The van der Waals surface area contributed by atoms with Crippen LogP contribution in [0.2, 0.25) is 0 Å². The van der Waals surface area contributed by atoms with Crippen LogP contribution in [0.4, 0.5) is 5.82 Å². The van der Waals surface area contributed by atoms with Gasteiger partial charge >= 0.3 is 0 Å². The topological polar surface area (TPSA) is 110 Å². The second-order valence-electron chi connectivity index (χ2n) is 3.64. The molecule has 7 heteroatoms. The monoisotopic (exact) mass is 223 g/mol. The maximum Gasteiger partial charge on any atom is 0.165 e. The summed E-state index contributed by atoms with van der Waals surface area (Å²) in [5, 5.41) is 18.8. The van der Waals surface area contributed by atoms with E-state index in [0.717, 1.165) is 0 Å². The third kappa shape index (κ3) is 1.82. The molecular weight excluding hydrogens is 210 g/mol. The number of nitrogens with two attached hydrogens (primary N) is 1. The lowest BCUT2D eigenvalue weighted by molar-refractivity contribution is 0.0213. The van der Waals surface area contributed by atoms with E-state index in [0.29, 0.717) is 17.0 Å². The molecule has 2 atom stereocenters. The molecule has 2 aromatic rings. The number of nitrogen functional groups attached to an aromatic ring is 1. The van der Waals surface area contributed by atoms with Crippen LogP contribution in [-0.4, -0.2) is 41.9 Å². The first-order valence-electron chi connectivity index (χ1n) is 4.87. The van der Waals surface area contributed by atoms with Crippen molar-refractivity contribution in [3.05, 3.63) is 12.7 Å². The second-order valence-corrected chi connectivity index (χ2v) is 3.64. The van der Waals surface area contributed by atoms with Gasteiger partial charge in [-0.25, -0.2) is 15.0 Å². The molecule has 0 aliphatic heterocycles. The van der Waals surface area contributed by atoms with Gasteiger partial charge in [-0.05, 0) is 6.92 Å². The summed E-state index contributed by atoms with van der Waals surface area (Å²) in [7, 11) is 0. The van der Waals surface area contributed by atoms with E-state index in [1.54, 1.807) is 4.57 Å². The van der Waals surface area contributed by atoms with Crippen LogP contribution in [0.25, 0.3) is 11.2 Å².